The summed E-state index contributed by atoms with van der Waals surface area (Å²) in [5, 5.41) is 10.4. The van der Waals surface area contributed by atoms with Crippen LogP contribution in [-0.2, 0) is 14.8 Å². The molecule has 0 radical (unpaired) electrons. The van der Waals surface area contributed by atoms with Crippen molar-refractivity contribution in [2.45, 2.75) is 55.9 Å². The van der Waals surface area contributed by atoms with Gasteiger partial charge in [-0.1, -0.05) is 48.6 Å². The molecule has 0 saturated heterocycles. The van der Waals surface area contributed by atoms with Crippen molar-refractivity contribution in [1.29, 1.82) is 0 Å². The lowest BCUT2D eigenvalue weighted by Gasteiger charge is -2.31. The maximum absolute atomic E-state index is 13.3. The van der Waals surface area contributed by atoms with Crippen molar-refractivity contribution in [2.24, 2.45) is 17.8 Å². The van der Waals surface area contributed by atoms with Crippen molar-refractivity contribution < 1.29 is 18.3 Å². The average molecular weight is 428 g/mol. The molecule has 2 aliphatic carbocycles. The summed E-state index contributed by atoms with van der Waals surface area (Å²) in [5.41, 5.74) is 0. The zero-order chi connectivity index (χ0) is 21.1. The topological polar surface area (TPSA) is 83.5 Å². The van der Waals surface area contributed by atoms with Crippen molar-refractivity contribution in [1.82, 2.24) is 4.72 Å². The quantitative estimate of drug-likeness (QED) is 0.447. The molecule has 4 atom stereocenters. The van der Waals surface area contributed by atoms with Gasteiger partial charge < -0.3 is 5.11 Å². The highest BCUT2D eigenvalue weighted by atomic mass is 32.2. The first-order valence-corrected chi connectivity index (χ1v) is 12.3. The van der Waals surface area contributed by atoms with Crippen LogP contribution in [0, 0.1) is 17.8 Å². The van der Waals surface area contributed by atoms with Crippen LogP contribution in [0.3, 0.4) is 0 Å². The Kier molecular flexibility index (Phi) is 6.25. The van der Waals surface area contributed by atoms with Gasteiger partial charge in [0, 0.05) is 17.8 Å². The number of hydrogen-bond donors (Lipinski definition) is 2. The third-order valence-corrected chi connectivity index (χ3v) is 8.27. The molecule has 0 aliphatic heterocycles. The number of allylic oxidation sites excluding steroid dienone is 2. The van der Waals surface area contributed by atoms with Crippen molar-refractivity contribution in [2.75, 3.05) is 0 Å². The zero-order valence-corrected chi connectivity index (χ0v) is 17.9. The van der Waals surface area contributed by atoms with E-state index in [-0.39, 0.29) is 12.5 Å². The fraction of sp³-hybridized carbons (Fsp3) is 0.458. The number of benzene rings is 2. The molecule has 2 aliphatic rings. The molecule has 160 valence electrons. The van der Waals surface area contributed by atoms with Gasteiger partial charge in [0.05, 0.1) is 4.90 Å². The van der Waals surface area contributed by atoms with E-state index in [2.05, 4.69) is 10.8 Å². The van der Waals surface area contributed by atoms with E-state index in [1.165, 1.54) is 6.42 Å². The number of carboxylic acid groups (broad SMARTS) is 1. The number of unbranched alkanes of at least 4 members (excludes halogenated alkanes) is 1. The summed E-state index contributed by atoms with van der Waals surface area (Å²) in [5.74, 6) is 0.521. The average Bonchev–Trinajstić information content (AvgIpc) is 3.32. The molecule has 2 fully saturated rings. The molecule has 0 heterocycles. The van der Waals surface area contributed by atoms with Gasteiger partial charge in [0.25, 0.3) is 0 Å². The molecule has 0 amide bonds. The highest BCUT2D eigenvalue weighted by molar-refractivity contribution is 7.89. The van der Waals surface area contributed by atoms with Crippen LogP contribution in [0.1, 0.15) is 44.9 Å². The molecule has 1 unspecified atom stereocenters. The molecule has 2 aromatic rings. The normalized spacial score (nSPS) is 26.0. The Balaban J connectivity index is 1.48. The Hall–Kier alpha value is -2.18. The highest BCUT2D eigenvalue weighted by Gasteiger charge is 2.48. The number of carbonyl (C=O) groups is 1. The lowest BCUT2D eigenvalue weighted by atomic mass is 9.83. The first kappa shape index (κ1) is 21.1. The number of aliphatic carboxylic acids is 1. The van der Waals surface area contributed by atoms with Crippen LogP contribution in [0.4, 0.5) is 0 Å². The van der Waals surface area contributed by atoms with Crippen molar-refractivity contribution in [3.05, 3.63) is 54.6 Å². The minimum Gasteiger partial charge on any atom is -0.481 e. The van der Waals surface area contributed by atoms with Crippen LogP contribution in [0.2, 0.25) is 0 Å². The Morgan fingerprint density at radius 1 is 1.07 bits per heavy atom. The molecule has 2 N–H and O–H groups in total. The molecule has 2 bridgehead atoms. The van der Waals surface area contributed by atoms with E-state index in [0.29, 0.717) is 29.1 Å². The standard InChI is InChI=1S/C24H29NO4S/c26-23(27)13-4-2-1-3-11-21-18-14-15-19(16-18)24(21)25-30(28,29)22-12-7-9-17-8-5-6-10-20(17)22/h1,3,5-10,12,18-19,21,24-25H,2,4,11,13-16H2,(H,26,27)/b3-1-/t18-,19?,21+,24+/m1/s1. The van der Waals surface area contributed by atoms with Crippen molar-refractivity contribution >= 4 is 26.8 Å². The van der Waals surface area contributed by atoms with Crippen LogP contribution >= 0.6 is 0 Å². The number of carboxylic acids is 1. The van der Waals surface area contributed by atoms with E-state index < -0.39 is 16.0 Å². The van der Waals surface area contributed by atoms with Gasteiger partial charge in [0.15, 0.2) is 0 Å². The largest absolute Gasteiger partial charge is 0.481 e. The molecule has 0 spiro atoms. The molecule has 0 aromatic heterocycles. The van der Waals surface area contributed by atoms with Crippen LogP contribution in [0.5, 0.6) is 0 Å². The molecule has 30 heavy (non-hydrogen) atoms. The summed E-state index contributed by atoms with van der Waals surface area (Å²) >= 11 is 0. The van der Waals surface area contributed by atoms with E-state index in [9.17, 15) is 13.2 Å². The molecule has 6 heteroatoms. The van der Waals surface area contributed by atoms with Gasteiger partial charge in [-0.3, -0.25) is 4.79 Å². The van der Waals surface area contributed by atoms with E-state index in [1.54, 1.807) is 12.1 Å². The SMILES string of the molecule is O=C(O)CCC/C=C\C[C@H]1[C@@H]2CCC(C2)[C@@H]1NS(=O)(=O)c1cccc2ccccc12. The molecule has 4 rings (SSSR count). The predicted molar refractivity (Wildman–Crippen MR) is 118 cm³/mol. The second-order valence-corrected chi connectivity index (χ2v) is 10.3. The monoisotopic (exact) mass is 427 g/mol. The third-order valence-electron chi connectivity index (χ3n) is 6.76. The Morgan fingerprint density at radius 2 is 1.83 bits per heavy atom. The van der Waals surface area contributed by atoms with Crippen LogP contribution < -0.4 is 4.72 Å². The number of hydrogen-bond acceptors (Lipinski definition) is 3. The molecular formula is C24H29NO4S. The Bertz CT molecular complexity index is 1040. The minimum absolute atomic E-state index is 0.0311. The summed E-state index contributed by atoms with van der Waals surface area (Å²) in [6.45, 7) is 0. The van der Waals surface area contributed by atoms with Crippen LogP contribution in [0.25, 0.3) is 10.8 Å². The summed E-state index contributed by atoms with van der Waals surface area (Å²) < 4.78 is 29.7. The lowest BCUT2D eigenvalue weighted by Crippen LogP contribution is -2.43. The van der Waals surface area contributed by atoms with Gasteiger partial charge in [0.1, 0.15) is 0 Å². The lowest BCUT2D eigenvalue weighted by molar-refractivity contribution is -0.137. The smallest absolute Gasteiger partial charge is 0.303 e. The maximum Gasteiger partial charge on any atom is 0.303 e. The molecule has 2 aromatic carbocycles. The second-order valence-electron chi connectivity index (χ2n) is 8.61. The van der Waals surface area contributed by atoms with Crippen molar-refractivity contribution in [3.63, 3.8) is 0 Å². The minimum atomic E-state index is -3.61. The number of rotatable bonds is 9. The summed E-state index contributed by atoms with van der Waals surface area (Å²) in [4.78, 5) is 11.0. The van der Waals surface area contributed by atoms with Gasteiger partial charge >= 0.3 is 5.97 Å². The molecule has 5 nitrogen and oxygen atoms in total. The Morgan fingerprint density at radius 3 is 2.67 bits per heavy atom. The number of sulfonamides is 1. The van der Waals surface area contributed by atoms with E-state index in [1.807, 2.05) is 36.4 Å². The zero-order valence-electron chi connectivity index (χ0n) is 17.0. The van der Waals surface area contributed by atoms with Gasteiger partial charge in [-0.25, -0.2) is 13.1 Å². The predicted octanol–water partition coefficient (Wildman–Crippen LogP) is 4.73. The highest BCUT2D eigenvalue weighted by Crippen LogP contribution is 2.50. The summed E-state index contributed by atoms with van der Waals surface area (Å²) in [6, 6.07) is 13.0. The fourth-order valence-electron chi connectivity index (χ4n) is 5.35. The summed E-state index contributed by atoms with van der Waals surface area (Å²) in [7, 11) is -3.61. The van der Waals surface area contributed by atoms with Crippen molar-refractivity contribution in [3.8, 4) is 0 Å². The first-order valence-electron chi connectivity index (χ1n) is 10.8. The third kappa shape index (κ3) is 4.44. The second kappa shape index (κ2) is 8.90. The molecule has 2 saturated carbocycles. The van der Waals surface area contributed by atoms with Gasteiger partial charge in [-0.05, 0) is 67.7 Å². The van der Waals surface area contributed by atoms with E-state index in [4.69, 9.17) is 5.11 Å². The van der Waals surface area contributed by atoms with Crippen LogP contribution in [-0.4, -0.2) is 25.5 Å². The Labute approximate surface area is 178 Å². The first-order chi connectivity index (χ1) is 14.5. The van der Waals surface area contributed by atoms with E-state index in [0.717, 1.165) is 36.5 Å². The summed E-state index contributed by atoms with van der Waals surface area (Å²) in [6.07, 6.45) is 9.95. The van der Waals surface area contributed by atoms with Crippen LogP contribution in [0.15, 0.2) is 59.5 Å². The number of nitrogens with one attached hydrogen (secondary N) is 1. The van der Waals surface area contributed by atoms with E-state index >= 15 is 0 Å². The number of fused-ring (bicyclic) bond motifs is 3. The van der Waals surface area contributed by atoms with Gasteiger partial charge in [-0.15, -0.1) is 0 Å². The molecular weight excluding hydrogens is 398 g/mol. The van der Waals surface area contributed by atoms with Gasteiger partial charge in [0.2, 0.25) is 10.0 Å². The van der Waals surface area contributed by atoms with Gasteiger partial charge in [-0.2, -0.15) is 0 Å². The maximum atomic E-state index is 13.3. The fourth-order valence-corrected chi connectivity index (χ4v) is 6.93.